The first-order valence-electron chi connectivity index (χ1n) is 6.43. The molecule has 0 spiro atoms. The molecule has 0 aliphatic carbocycles. The van der Waals surface area contributed by atoms with Crippen LogP contribution < -0.4 is 4.74 Å². The molecule has 0 aliphatic heterocycles. The van der Waals surface area contributed by atoms with Crippen LogP contribution in [0.2, 0.25) is 0 Å². The Morgan fingerprint density at radius 3 is 2.81 bits per heavy atom. The van der Waals surface area contributed by atoms with Crippen LogP contribution in [0.15, 0.2) is 36.7 Å². The van der Waals surface area contributed by atoms with Crippen LogP contribution in [0.4, 0.5) is 13.2 Å². The second-order valence-corrected chi connectivity index (χ2v) is 4.55. The molecular weight excluding hydrogens is 283 g/mol. The highest BCUT2D eigenvalue weighted by Gasteiger charge is 2.13. The van der Waals surface area contributed by atoms with Crippen molar-refractivity contribution in [1.29, 1.82) is 0 Å². The van der Waals surface area contributed by atoms with Crippen molar-refractivity contribution in [3.8, 4) is 5.75 Å². The second kappa shape index (κ2) is 7.12. The van der Waals surface area contributed by atoms with Gasteiger partial charge in [-0.25, -0.2) is 9.37 Å². The molecule has 1 heterocycles. The Morgan fingerprint density at radius 2 is 2.10 bits per heavy atom. The summed E-state index contributed by atoms with van der Waals surface area (Å²) < 4.78 is 44.8. The molecule has 2 aromatic rings. The Hall–Kier alpha value is -2.02. The molecule has 0 aliphatic rings. The molecule has 1 aromatic heterocycles. The first-order chi connectivity index (χ1) is 10.1. The highest BCUT2D eigenvalue weighted by molar-refractivity contribution is 5.23. The minimum absolute atomic E-state index is 0.181. The average molecular weight is 299 g/mol. The molecule has 0 N–H and O–H groups in total. The number of aromatic nitrogens is 2. The minimum atomic E-state index is -2.61. The fourth-order valence-corrected chi connectivity index (χ4v) is 1.84. The Labute approximate surface area is 120 Å². The van der Waals surface area contributed by atoms with Crippen molar-refractivity contribution < 1.29 is 17.9 Å². The Morgan fingerprint density at radius 1 is 1.33 bits per heavy atom. The van der Waals surface area contributed by atoms with E-state index in [9.17, 15) is 13.2 Å². The standard InChI is InChI=1S/C14H16F3N3O/c1-19(10-13-18-6-7-20(13)14(16)17)8-9-21-12-5-3-2-4-11(12)15/h2-7,14H,8-10H2,1H3. The SMILES string of the molecule is CN(CCOc1ccccc1F)Cc1nccn1C(F)F. The molecule has 2 rings (SSSR count). The van der Waals surface area contributed by atoms with E-state index in [-0.39, 0.29) is 24.7 Å². The quantitative estimate of drug-likeness (QED) is 0.787. The van der Waals surface area contributed by atoms with Gasteiger partial charge in [-0.15, -0.1) is 0 Å². The zero-order valence-corrected chi connectivity index (χ0v) is 11.5. The Bertz CT molecular complexity index is 574. The third kappa shape index (κ3) is 4.22. The van der Waals surface area contributed by atoms with Crippen LogP contribution in [0.5, 0.6) is 5.75 Å². The summed E-state index contributed by atoms with van der Waals surface area (Å²) in [7, 11) is 1.76. The smallest absolute Gasteiger partial charge is 0.319 e. The van der Waals surface area contributed by atoms with E-state index in [2.05, 4.69) is 4.98 Å². The van der Waals surface area contributed by atoms with Crippen molar-refractivity contribution in [3.05, 3.63) is 48.3 Å². The highest BCUT2D eigenvalue weighted by Crippen LogP contribution is 2.16. The van der Waals surface area contributed by atoms with Crippen molar-refractivity contribution in [2.24, 2.45) is 0 Å². The van der Waals surface area contributed by atoms with Gasteiger partial charge in [-0.05, 0) is 19.2 Å². The number of halogens is 3. The monoisotopic (exact) mass is 299 g/mol. The number of rotatable bonds is 7. The predicted octanol–water partition coefficient (Wildman–Crippen LogP) is 2.93. The van der Waals surface area contributed by atoms with Crippen LogP contribution in [0.1, 0.15) is 12.4 Å². The van der Waals surface area contributed by atoms with E-state index in [1.807, 2.05) is 0 Å². The molecule has 0 fully saturated rings. The molecular formula is C14H16F3N3O. The van der Waals surface area contributed by atoms with Gasteiger partial charge in [0.15, 0.2) is 11.6 Å². The zero-order chi connectivity index (χ0) is 15.2. The molecule has 21 heavy (non-hydrogen) atoms. The molecule has 1 aromatic carbocycles. The molecule has 4 nitrogen and oxygen atoms in total. The predicted molar refractivity (Wildman–Crippen MR) is 71.7 cm³/mol. The molecule has 7 heteroatoms. The Balaban J connectivity index is 1.81. The molecule has 114 valence electrons. The number of ether oxygens (including phenoxy) is 1. The van der Waals surface area contributed by atoms with Crippen LogP contribution in [0, 0.1) is 5.82 Å². The normalized spacial score (nSPS) is 11.3. The maximum Gasteiger partial charge on any atom is 0.319 e. The summed E-state index contributed by atoms with van der Waals surface area (Å²) in [5.74, 6) is 0.0340. The van der Waals surface area contributed by atoms with E-state index < -0.39 is 12.4 Å². The van der Waals surface area contributed by atoms with E-state index in [0.717, 1.165) is 4.57 Å². The lowest BCUT2D eigenvalue weighted by atomic mass is 10.3. The lowest BCUT2D eigenvalue weighted by molar-refractivity contribution is 0.0642. The van der Waals surface area contributed by atoms with E-state index in [1.54, 1.807) is 30.1 Å². The number of hydrogen-bond donors (Lipinski definition) is 0. The minimum Gasteiger partial charge on any atom is -0.489 e. The largest absolute Gasteiger partial charge is 0.489 e. The maximum atomic E-state index is 13.3. The fourth-order valence-electron chi connectivity index (χ4n) is 1.84. The van der Waals surface area contributed by atoms with Gasteiger partial charge in [-0.1, -0.05) is 12.1 Å². The summed E-state index contributed by atoms with van der Waals surface area (Å²) in [5, 5.41) is 0. The summed E-state index contributed by atoms with van der Waals surface area (Å²) in [5.41, 5.74) is 0. The third-order valence-corrected chi connectivity index (χ3v) is 2.94. The van der Waals surface area contributed by atoms with E-state index in [0.29, 0.717) is 6.54 Å². The lowest BCUT2D eigenvalue weighted by Crippen LogP contribution is -2.25. The summed E-state index contributed by atoms with van der Waals surface area (Å²) in [6.07, 6.45) is 2.58. The molecule has 0 radical (unpaired) electrons. The number of alkyl halides is 2. The molecule has 0 saturated heterocycles. The van der Waals surface area contributed by atoms with Crippen LogP contribution >= 0.6 is 0 Å². The van der Waals surface area contributed by atoms with E-state index in [1.165, 1.54) is 18.5 Å². The van der Waals surface area contributed by atoms with Crippen LogP contribution in [0.25, 0.3) is 0 Å². The van der Waals surface area contributed by atoms with Crippen LogP contribution in [-0.4, -0.2) is 34.7 Å². The summed E-state index contributed by atoms with van der Waals surface area (Å²) in [6.45, 7) is -1.62. The lowest BCUT2D eigenvalue weighted by Gasteiger charge is -2.17. The number of nitrogens with zero attached hydrogens (tertiary/aromatic N) is 3. The maximum absolute atomic E-state index is 13.3. The number of likely N-dealkylation sites (N-methyl/N-ethyl adjacent to an activating group) is 1. The second-order valence-electron chi connectivity index (χ2n) is 4.55. The van der Waals surface area contributed by atoms with Crippen LogP contribution in [-0.2, 0) is 6.54 Å². The van der Waals surface area contributed by atoms with E-state index in [4.69, 9.17) is 4.74 Å². The van der Waals surface area contributed by atoms with Gasteiger partial charge < -0.3 is 4.74 Å². The first kappa shape index (κ1) is 15.4. The average Bonchev–Trinajstić information content (AvgIpc) is 2.89. The number of hydrogen-bond acceptors (Lipinski definition) is 3. The van der Waals surface area contributed by atoms with Crippen molar-refractivity contribution in [2.75, 3.05) is 20.2 Å². The first-order valence-corrected chi connectivity index (χ1v) is 6.43. The van der Waals surface area contributed by atoms with Crippen molar-refractivity contribution in [1.82, 2.24) is 14.5 Å². The van der Waals surface area contributed by atoms with Gasteiger partial charge in [-0.3, -0.25) is 9.47 Å². The van der Waals surface area contributed by atoms with Gasteiger partial charge in [0.2, 0.25) is 0 Å². The topological polar surface area (TPSA) is 30.3 Å². The molecule has 0 atom stereocenters. The Kier molecular flexibility index (Phi) is 5.21. The molecule has 0 saturated carbocycles. The van der Waals surface area contributed by atoms with Crippen molar-refractivity contribution in [2.45, 2.75) is 13.1 Å². The van der Waals surface area contributed by atoms with Gasteiger partial charge >= 0.3 is 6.55 Å². The van der Waals surface area contributed by atoms with Gasteiger partial charge in [0, 0.05) is 18.9 Å². The van der Waals surface area contributed by atoms with Crippen molar-refractivity contribution in [3.63, 3.8) is 0 Å². The molecule has 0 bridgehead atoms. The van der Waals surface area contributed by atoms with Crippen molar-refractivity contribution >= 4 is 0 Å². The molecule has 0 unspecified atom stereocenters. The highest BCUT2D eigenvalue weighted by atomic mass is 19.3. The van der Waals surface area contributed by atoms with Gasteiger partial charge in [-0.2, -0.15) is 8.78 Å². The zero-order valence-electron chi connectivity index (χ0n) is 11.5. The number of imidazole rings is 1. The number of para-hydroxylation sites is 1. The summed E-state index contributed by atoms with van der Waals surface area (Å²) in [6, 6.07) is 6.12. The molecule has 0 amide bonds. The van der Waals surface area contributed by atoms with Gasteiger partial charge in [0.1, 0.15) is 12.4 Å². The third-order valence-electron chi connectivity index (χ3n) is 2.94. The number of benzene rings is 1. The summed E-state index contributed by atoms with van der Waals surface area (Å²) in [4.78, 5) is 5.68. The summed E-state index contributed by atoms with van der Waals surface area (Å²) >= 11 is 0. The van der Waals surface area contributed by atoms with Gasteiger partial charge in [0.05, 0.1) is 6.54 Å². The fraction of sp³-hybridized carbons (Fsp3) is 0.357. The van der Waals surface area contributed by atoms with Gasteiger partial charge in [0.25, 0.3) is 0 Å². The van der Waals surface area contributed by atoms with E-state index >= 15 is 0 Å². The van der Waals surface area contributed by atoms with Crippen LogP contribution in [0.3, 0.4) is 0 Å².